The highest BCUT2D eigenvalue weighted by molar-refractivity contribution is 7.15. The van der Waals surface area contributed by atoms with Gasteiger partial charge in [-0.05, 0) is 41.0 Å². The first-order valence-corrected chi connectivity index (χ1v) is 7.65. The summed E-state index contributed by atoms with van der Waals surface area (Å²) in [6.07, 6.45) is 3.16. The predicted molar refractivity (Wildman–Crippen MR) is 81.5 cm³/mol. The minimum Gasteiger partial charge on any atom is -0.346 e. The Morgan fingerprint density at radius 1 is 1.39 bits per heavy atom. The minimum absolute atomic E-state index is 0.158. The third kappa shape index (κ3) is 4.58. The van der Waals surface area contributed by atoms with Gasteiger partial charge < -0.3 is 10.2 Å². The van der Waals surface area contributed by atoms with Gasteiger partial charge in [-0.3, -0.25) is 0 Å². The van der Waals surface area contributed by atoms with Crippen molar-refractivity contribution in [1.29, 1.82) is 0 Å². The third-order valence-electron chi connectivity index (χ3n) is 3.04. The Morgan fingerprint density at radius 3 is 2.56 bits per heavy atom. The highest BCUT2D eigenvalue weighted by Crippen LogP contribution is 2.25. The Balaban J connectivity index is 2.67. The molecule has 0 aliphatic rings. The van der Waals surface area contributed by atoms with Crippen molar-refractivity contribution in [2.45, 2.75) is 66.1 Å². The van der Waals surface area contributed by atoms with Crippen molar-refractivity contribution in [1.82, 2.24) is 10.3 Å². The van der Waals surface area contributed by atoms with Crippen molar-refractivity contribution in [3.05, 3.63) is 11.1 Å². The van der Waals surface area contributed by atoms with Gasteiger partial charge in [0.25, 0.3) is 0 Å². The number of nitrogens with zero attached hydrogens (tertiary/aromatic N) is 2. The lowest BCUT2D eigenvalue weighted by Gasteiger charge is -2.26. The molecule has 0 aliphatic carbocycles. The Hall–Kier alpha value is -0.610. The number of aromatic nitrogens is 1. The summed E-state index contributed by atoms with van der Waals surface area (Å²) in [5, 5.41) is 4.65. The largest absolute Gasteiger partial charge is 0.346 e. The van der Waals surface area contributed by atoms with E-state index in [0.717, 1.165) is 24.6 Å². The highest BCUT2D eigenvalue weighted by Gasteiger charge is 2.15. The molecule has 0 spiro atoms. The van der Waals surface area contributed by atoms with E-state index in [0.29, 0.717) is 6.04 Å². The molecule has 0 amide bonds. The lowest BCUT2D eigenvalue weighted by atomic mass is 10.1. The molecule has 1 aromatic rings. The quantitative estimate of drug-likeness (QED) is 0.854. The smallest absolute Gasteiger partial charge is 0.185 e. The zero-order valence-electron chi connectivity index (χ0n) is 12.6. The Bertz CT molecular complexity index is 354. The van der Waals surface area contributed by atoms with Gasteiger partial charge in [0, 0.05) is 35.7 Å². The van der Waals surface area contributed by atoms with E-state index in [9.17, 15) is 0 Å². The number of hydrogen-bond acceptors (Lipinski definition) is 4. The maximum absolute atomic E-state index is 4.56. The van der Waals surface area contributed by atoms with Gasteiger partial charge in [-0.15, -0.1) is 11.3 Å². The molecule has 1 unspecified atom stereocenters. The van der Waals surface area contributed by atoms with E-state index in [1.165, 1.54) is 4.88 Å². The minimum atomic E-state index is 0.158. The van der Waals surface area contributed by atoms with Crippen LogP contribution in [0.25, 0.3) is 0 Å². The standard InChI is InChI=1S/C14H27N3S/c1-7-11(3)17(8-2)13-15-9-12(18-13)10-16-14(4,5)6/h9,11,16H,7-8,10H2,1-6H3. The van der Waals surface area contributed by atoms with Gasteiger partial charge in [-0.2, -0.15) is 0 Å². The second-order valence-corrected chi connectivity index (χ2v) is 6.85. The molecule has 0 bridgehead atoms. The molecule has 18 heavy (non-hydrogen) atoms. The predicted octanol–water partition coefficient (Wildman–Crippen LogP) is 3.66. The van der Waals surface area contributed by atoms with E-state index in [1.807, 2.05) is 6.20 Å². The van der Waals surface area contributed by atoms with Gasteiger partial charge in [-0.25, -0.2) is 4.98 Å². The zero-order valence-corrected chi connectivity index (χ0v) is 13.4. The van der Waals surface area contributed by atoms with Crippen LogP contribution in [0.15, 0.2) is 6.20 Å². The molecule has 104 valence electrons. The molecule has 1 rings (SSSR count). The summed E-state index contributed by atoms with van der Waals surface area (Å²) in [6, 6.07) is 0.560. The number of anilines is 1. The number of nitrogens with one attached hydrogen (secondary N) is 1. The van der Waals surface area contributed by atoms with Crippen LogP contribution in [-0.2, 0) is 6.54 Å². The van der Waals surface area contributed by atoms with Crippen molar-refractivity contribution in [3.8, 4) is 0 Å². The summed E-state index contributed by atoms with van der Waals surface area (Å²) in [4.78, 5) is 8.25. The first-order valence-electron chi connectivity index (χ1n) is 6.83. The molecule has 0 aliphatic heterocycles. The number of rotatable bonds is 6. The van der Waals surface area contributed by atoms with Crippen LogP contribution in [-0.4, -0.2) is 23.1 Å². The second kappa shape index (κ2) is 6.53. The first kappa shape index (κ1) is 15.4. The summed E-state index contributed by atoms with van der Waals surface area (Å²) >= 11 is 1.80. The third-order valence-corrected chi connectivity index (χ3v) is 4.08. The van der Waals surface area contributed by atoms with Gasteiger partial charge in [0.1, 0.15) is 0 Å². The first-order chi connectivity index (χ1) is 8.37. The van der Waals surface area contributed by atoms with Crippen LogP contribution < -0.4 is 10.2 Å². The van der Waals surface area contributed by atoms with Crippen LogP contribution in [0.1, 0.15) is 52.8 Å². The molecule has 4 heteroatoms. The lowest BCUT2D eigenvalue weighted by Crippen LogP contribution is -2.34. The van der Waals surface area contributed by atoms with E-state index >= 15 is 0 Å². The van der Waals surface area contributed by atoms with Gasteiger partial charge in [0.15, 0.2) is 5.13 Å². The molecule has 1 atom stereocenters. The molecule has 1 N–H and O–H groups in total. The average Bonchev–Trinajstić information content (AvgIpc) is 2.75. The molecule has 1 heterocycles. The van der Waals surface area contributed by atoms with Crippen LogP contribution >= 0.6 is 11.3 Å². The SMILES string of the molecule is CCC(C)N(CC)c1ncc(CNC(C)(C)C)s1. The van der Waals surface area contributed by atoms with Crippen LogP contribution in [0, 0.1) is 0 Å². The molecular formula is C14H27N3S. The lowest BCUT2D eigenvalue weighted by molar-refractivity contribution is 0.426. The van der Waals surface area contributed by atoms with Crippen molar-refractivity contribution in [2.24, 2.45) is 0 Å². The van der Waals surface area contributed by atoms with Crippen molar-refractivity contribution >= 4 is 16.5 Å². The summed E-state index contributed by atoms with van der Waals surface area (Å²) < 4.78 is 0. The number of hydrogen-bond donors (Lipinski definition) is 1. The fourth-order valence-electron chi connectivity index (χ4n) is 1.72. The molecule has 3 nitrogen and oxygen atoms in total. The van der Waals surface area contributed by atoms with E-state index in [4.69, 9.17) is 0 Å². The average molecular weight is 269 g/mol. The van der Waals surface area contributed by atoms with Crippen LogP contribution in [0.3, 0.4) is 0 Å². The van der Waals surface area contributed by atoms with Gasteiger partial charge >= 0.3 is 0 Å². The Kier molecular flexibility index (Phi) is 5.60. The summed E-state index contributed by atoms with van der Waals surface area (Å²) in [5.41, 5.74) is 0.158. The molecule has 0 saturated heterocycles. The topological polar surface area (TPSA) is 28.2 Å². The molecule has 0 aromatic carbocycles. The second-order valence-electron chi connectivity index (χ2n) is 5.76. The van der Waals surface area contributed by atoms with Crippen molar-refractivity contribution < 1.29 is 0 Å². The highest BCUT2D eigenvalue weighted by atomic mass is 32.1. The van der Waals surface area contributed by atoms with Gasteiger partial charge in [-0.1, -0.05) is 6.92 Å². The Labute approximate surface area is 116 Å². The van der Waals surface area contributed by atoms with Crippen LogP contribution in [0.5, 0.6) is 0 Å². The molecule has 1 aromatic heterocycles. The maximum Gasteiger partial charge on any atom is 0.185 e. The van der Waals surface area contributed by atoms with Crippen LogP contribution in [0.2, 0.25) is 0 Å². The summed E-state index contributed by atoms with van der Waals surface area (Å²) in [6.45, 7) is 15.2. The van der Waals surface area contributed by atoms with E-state index in [-0.39, 0.29) is 5.54 Å². The fourth-order valence-corrected chi connectivity index (χ4v) is 2.74. The van der Waals surface area contributed by atoms with Crippen molar-refractivity contribution in [3.63, 3.8) is 0 Å². The zero-order chi connectivity index (χ0) is 13.8. The van der Waals surface area contributed by atoms with E-state index < -0.39 is 0 Å². The molecular weight excluding hydrogens is 242 g/mol. The Morgan fingerprint density at radius 2 is 2.06 bits per heavy atom. The maximum atomic E-state index is 4.56. The van der Waals surface area contributed by atoms with Gasteiger partial charge in [0.05, 0.1) is 0 Å². The summed E-state index contributed by atoms with van der Waals surface area (Å²) in [5.74, 6) is 0. The molecule has 0 saturated carbocycles. The normalized spacial score (nSPS) is 13.7. The monoisotopic (exact) mass is 269 g/mol. The van der Waals surface area contributed by atoms with E-state index in [1.54, 1.807) is 11.3 Å². The summed E-state index contributed by atoms with van der Waals surface area (Å²) in [7, 11) is 0. The van der Waals surface area contributed by atoms with Crippen molar-refractivity contribution in [2.75, 3.05) is 11.4 Å². The molecule has 0 fully saturated rings. The van der Waals surface area contributed by atoms with Gasteiger partial charge in [0.2, 0.25) is 0 Å². The number of thiazole rings is 1. The fraction of sp³-hybridized carbons (Fsp3) is 0.786. The van der Waals surface area contributed by atoms with Crippen LogP contribution in [0.4, 0.5) is 5.13 Å². The van der Waals surface area contributed by atoms with E-state index in [2.05, 4.69) is 56.7 Å². The molecule has 0 radical (unpaired) electrons.